The normalized spacial score (nSPS) is 13.8. The van der Waals surface area contributed by atoms with Gasteiger partial charge in [-0.05, 0) is 58.3 Å². The Balaban J connectivity index is 6.26. The number of primary amides is 1. The van der Waals surface area contributed by atoms with E-state index in [2.05, 4.69) is 53.2 Å². The molecule has 0 aliphatic rings. The maximum atomic E-state index is 13.8. The van der Waals surface area contributed by atoms with Crippen LogP contribution in [0.4, 0.5) is 0 Å². The lowest BCUT2D eigenvalue weighted by molar-refractivity contribution is -0.144. The van der Waals surface area contributed by atoms with Crippen LogP contribution in [0, 0.1) is 16.2 Å². The van der Waals surface area contributed by atoms with Crippen molar-refractivity contribution >= 4 is 89.0 Å². The van der Waals surface area contributed by atoms with E-state index in [1.54, 1.807) is 0 Å². The van der Waals surface area contributed by atoms with Crippen LogP contribution in [0.5, 0.6) is 0 Å². The van der Waals surface area contributed by atoms with Crippen LogP contribution in [-0.4, -0.2) is 190 Å². The third kappa shape index (κ3) is 30.8. The number of hydrogen-bond acceptors (Lipinski definition) is 17. The van der Waals surface area contributed by atoms with Crippen LogP contribution >= 0.6 is 0 Å². The van der Waals surface area contributed by atoms with E-state index in [1.165, 1.54) is 0 Å². The van der Waals surface area contributed by atoms with Crippen LogP contribution in [0.15, 0.2) is 0 Å². The van der Waals surface area contributed by atoms with E-state index in [0.717, 1.165) is 6.92 Å². The first kappa shape index (κ1) is 66.4. The number of carboxylic acid groups (broad SMARTS) is 3. The van der Waals surface area contributed by atoms with Crippen LogP contribution < -0.4 is 87.2 Å². The molecule has 0 saturated heterocycles. The number of nitrogens with one attached hydrogen (secondary N) is 14. The Morgan fingerprint density at radius 2 is 0.827 bits per heavy atom. The maximum absolute atomic E-state index is 13.8. The number of aliphatic carboxylic acids is 3. The molecule has 0 aliphatic carbocycles. The van der Waals surface area contributed by atoms with E-state index in [-0.39, 0.29) is 63.7 Å². The third-order valence-corrected chi connectivity index (χ3v) is 10.1. The second-order valence-corrected chi connectivity index (χ2v) is 16.5. The molecule has 0 aliphatic heterocycles. The number of aliphatic hydroxyl groups excluding tert-OH is 1. The summed E-state index contributed by atoms with van der Waals surface area (Å²) in [4.78, 5) is 152. The van der Waals surface area contributed by atoms with E-state index < -0.39 is 171 Å². The number of nitrogens with two attached hydrogens (primary N) is 5. The third-order valence-electron chi connectivity index (χ3n) is 10.1. The number of amides is 9. The number of carboxylic acids is 3. The van der Waals surface area contributed by atoms with E-state index in [1.807, 2.05) is 5.32 Å². The van der Waals surface area contributed by atoms with Crippen molar-refractivity contribution in [2.75, 3.05) is 32.7 Å². The predicted molar refractivity (Wildman–Crippen MR) is 260 cm³/mol. The van der Waals surface area contributed by atoms with Crippen LogP contribution in [0.3, 0.4) is 0 Å². The average molecular weight is 1070 g/mol. The number of rotatable bonds is 38. The van der Waals surface area contributed by atoms with Gasteiger partial charge in [0.25, 0.3) is 0 Å². The fourth-order valence-corrected chi connectivity index (χ4v) is 6.29. The maximum Gasteiger partial charge on any atom is 0.326 e. The Morgan fingerprint density at radius 3 is 1.25 bits per heavy atom. The fourth-order valence-electron chi connectivity index (χ4n) is 6.29. The van der Waals surface area contributed by atoms with Gasteiger partial charge in [-0.3, -0.25) is 69.0 Å². The number of hydrogen-bond donors (Lipinski definition) is 23. The number of guanidine groups is 3. The minimum absolute atomic E-state index is 0.0295. The standard InChI is InChI=1S/C40H71N19O16/c1-18(60)30(36(73)57-23(37(74)75)9-11-29(66)67)59-27(63)17-53-33(70)24(15-25(42)61)58-34(71)21(7-4-14-51-40(47)48)56-35(72)22(8-10-28(64)65)54-26(62)16-52-32(69)20(6-3-13-50-39(45)46)55-31(68)19(41)5-2-12-49-38(43)44/h18-24,30,60H,2-17,41H2,1H3,(H2,42,61)(H,52,69)(H,53,70)(H,54,62)(H,55,68)(H,56,72)(H,57,73)(H,58,71)(H,59,63)(H,64,65)(H,66,67)(H,74,75)(H4,43,44,49)(H4,45,46,50)(H4,47,48,51)/t18-,19+,20+,21+,22+,23+,24+,30+/m1/s1. The molecule has 0 saturated carbocycles. The molecular weight excluding hydrogens is 1000 g/mol. The molecule has 0 aromatic carbocycles. The molecule has 0 spiro atoms. The lowest BCUT2D eigenvalue weighted by Gasteiger charge is -2.25. The number of carbonyl (C=O) groups excluding carboxylic acids is 9. The molecule has 0 aromatic heterocycles. The summed E-state index contributed by atoms with van der Waals surface area (Å²) < 4.78 is 0. The Hall–Kier alpha value is -8.63. The van der Waals surface area contributed by atoms with Crippen molar-refractivity contribution in [3.05, 3.63) is 0 Å². The summed E-state index contributed by atoms with van der Waals surface area (Å²) >= 11 is 0. The molecule has 75 heavy (non-hydrogen) atoms. The first-order chi connectivity index (χ1) is 35.0. The van der Waals surface area contributed by atoms with Crippen LogP contribution in [0.1, 0.15) is 77.6 Å². The van der Waals surface area contributed by atoms with Crippen LogP contribution in [-0.2, 0) is 57.5 Å². The quantitative estimate of drug-likeness (QED) is 0.0155. The predicted octanol–water partition coefficient (Wildman–Crippen LogP) is -9.68. The second-order valence-electron chi connectivity index (χ2n) is 16.5. The van der Waals surface area contributed by atoms with Gasteiger partial charge in [0, 0.05) is 32.5 Å². The van der Waals surface area contributed by atoms with Gasteiger partial charge in [-0.1, -0.05) is 0 Å². The van der Waals surface area contributed by atoms with Crippen LogP contribution in [0.2, 0.25) is 0 Å². The Bertz CT molecular complexity index is 2060. The van der Waals surface area contributed by atoms with Crippen molar-refractivity contribution in [1.82, 2.24) is 58.5 Å². The van der Waals surface area contributed by atoms with Crippen molar-refractivity contribution in [3.63, 3.8) is 0 Å². The molecule has 422 valence electrons. The average Bonchev–Trinajstić information content (AvgIpc) is 3.31. The summed E-state index contributed by atoms with van der Waals surface area (Å²) in [5, 5.41) is 85.0. The highest BCUT2D eigenvalue weighted by Crippen LogP contribution is 2.07. The molecule has 8 atom stereocenters. The first-order valence-electron chi connectivity index (χ1n) is 23.0. The zero-order valence-electron chi connectivity index (χ0n) is 41.0. The highest BCUT2D eigenvalue weighted by atomic mass is 16.4. The smallest absolute Gasteiger partial charge is 0.326 e. The molecule has 0 unspecified atom stereocenters. The largest absolute Gasteiger partial charge is 0.481 e. The molecule has 9 amide bonds. The lowest BCUT2D eigenvalue weighted by Crippen LogP contribution is -2.59. The van der Waals surface area contributed by atoms with Crippen molar-refractivity contribution in [3.8, 4) is 0 Å². The Morgan fingerprint density at radius 1 is 0.453 bits per heavy atom. The molecule has 28 N–H and O–H groups in total. The van der Waals surface area contributed by atoms with Gasteiger partial charge in [-0.15, -0.1) is 0 Å². The van der Waals surface area contributed by atoms with Crippen molar-refractivity contribution in [2.45, 2.75) is 126 Å². The van der Waals surface area contributed by atoms with Crippen molar-refractivity contribution < 1.29 is 78.0 Å². The van der Waals surface area contributed by atoms with E-state index >= 15 is 0 Å². The minimum atomic E-state index is -1.87. The first-order valence-corrected chi connectivity index (χ1v) is 23.0. The summed E-state index contributed by atoms with van der Waals surface area (Å²) in [5.74, 6) is -15.3. The van der Waals surface area contributed by atoms with Gasteiger partial charge >= 0.3 is 17.9 Å². The highest BCUT2D eigenvalue weighted by molar-refractivity contribution is 5.98. The molecule has 0 heterocycles. The van der Waals surface area contributed by atoms with Gasteiger partial charge in [0.15, 0.2) is 17.9 Å². The van der Waals surface area contributed by atoms with E-state index in [9.17, 15) is 72.9 Å². The van der Waals surface area contributed by atoms with Gasteiger partial charge in [-0.2, -0.15) is 0 Å². The van der Waals surface area contributed by atoms with Gasteiger partial charge < -0.3 is 108 Å². The van der Waals surface area contributed by atoms with Gasteiger partial charge in [0.05, 0.1) is 31.7 Å². The van der Waals surface area contributed by atoms with E-state index in [0.29, 0.717) is 6.42 Å². The summed E-state index contributed by atoms with van der Waals surface area (Å²) in [7, 11) is 0. The molecule has 0 radical (unpaired) electrons. The summed E-state index contributed by atoms with van der Waals surface area (Å²) in [5.41, 5.74) is 27.2. The molecule has 0 fully saturated rings. The van der Waals surface area contributed by atoms with Gasteiger partial charge in [-0.25, -0.2) is 4.79 Å². The lowest BCUT2D eigenvalue weighted by atomic mass is 10.1. The molecule has 0 rings (SSSR count). The Kier molecular flexibility index (Phi) is 31.4. The van der Waals surface area contributed by atoms with Crippen molar-refractivity contribution in [1.29, 1.82) is 16.2 Å². The Labute approximate surface area is 428 Å². The molecule has 0 bridgehead atoms. The van der Waals surface area contributed by atoms with Gasteiger partial charge in [0.1, 0.15) is 36.3 Å². The van der Waals surface area contributed by atoms with Crippen LogP contribution in [0.25, 0.3) is 0 Å². The monoisotopic (exact) mass is 1070 g/mol. The minimum Gasteiger partial charge on any atom is -0.481 e. The zero-order valence-corrected chi connectivity index (χ0v) is 41.0. The number of carbonyl (C=O) groups is 12. The molecule has 35 nitrogen and oxygen atoms in total. The topological polar surface area (TPSA) is 620 Å². The van der Waals surface area contributed by atoms with E-state index in [4.69, 9.17) is 50.0 Å². The molecular formula is C40H71N19O16. The second kappa shape index (κ2) is 35.5. The summed E-state index contributed by atoms with van der Waals surface area (Å²) in [6.07, 6.45) is -4.86. The fraction of sp³-hybridized carbons (Fsp3) is 0.625. The zero-order chi connectivity index (χ0) is 57.4. The number of aliphatic hydroxyl groups is 1. The molecule has 0 aromatic rings. The summed E-state index contributed by atoms with van der Waals surface area (Å²) in [6, 6.07) is -11.2. The SMILES string of the molecule is C[C@@H](O)[C@H](NC(=O)CNC(=O)[C@H](CC(N)=O)NC(=O)[C@H](CCCNC(=N)N)NC(=O)[C@H](CCC(=O)O)NC(=O)CNC(=O)[C@H](CCCNC(=N)N)NC(=O)[C@@H](N)CCCNC(=N)N)C(=O)N[C@@H](CCC(=O)O)C(=O)O. The summed E-state index contributed by atoms with van der Waals surface area (Å²) in [6.45, 7) is -0.505. The van der Waals surface area contributed by atoms with Crippen molar-refractivity contribution in [2.24, 2.45) is 28.7 Å². The molecule has 35 heteroatoms. The highest BCUT2D eigenvalue weighted by Gasteiger charge is 2.33. The van der Waals surface area contributed by atoms with Gasteiger partial charge in [0.2, 0.25) is 53.2 Å².